The van der Waals surface area contributed by atoms with Crippen molar-refractivity contribution in [3.63, 3.8) is 0 Å². The summed E-state index contributed by atoms with van der Waals surface area (Å²) in [7, 11) is 0. The van der Waals surface area contributed by atoms with Crippen LogP contribution in [0.2, 0.25) is 0 Å². The molecule has 0 aromatic rings. The van der Waals surface area contributed by atoms with E-state index in [1.54, 1.807) is 24.0 Å². The van der Waals surface area contributed by atoms with Gasteiger partial charge in [0.05, 0.1) is 25.8 Å². The molecular formula is C12H22KNO5. The molecule has 0 amide bonds. The monoisotopic (exact) mass is 299 g/mol. The number of carbonyl (C=O) groups is 1. The van der Waals surface area contributed by atoms with Crippen molar-refractivity contribution in [1.29, 1.82) is 0 Å². The number of hydrogen-bond acceptors (Lipinski definition) is 6. The molecule has 0 saturated heterocycles. The fourth-order valence-corrected chi connectivity index (χ4v) is 1.00. The minimum Gasteiger partial charge on any atom is -0.545 e. The molecule has 106 valence electrons. The van der Waals surface area contributed by atoms with Crippen molar-refractivity contribution in [2.45, 2.75) is 6.92 Å². The summed E-state index contributed by atoms with van der Waals surface area (Å²) >= 11 is 0. The molecule has 0 aromatic carbocycles. The molecule has 6 nitrogen and oxygen atoms in total. The normalized spacial score (nSPS) is 10.4. The molecule has 0 heterocycles. The second-order valence-corrected chi connectivity index (χ2v) is 3.22. The van der Waals surface area contributed by atoms with E-state index in [4.69, 9.17) is 15.3 Å². The third kappa shape index (κ3) is 23.9. The van der Waals surface area contributed by atoms with Gasteiger partial charge in [-0.05, 0) is 13.0 Å². The van der Waals surface area contributed by atoms with Gasteiger partial charge < -0.3 is 25.2 Å². The second kappa shape index (κ2) is 20.7. The van der Waals surface area contributed by atoms with Crippen LogP contribution in [-0.4, -0.2) is 65.6 Å². The molecule has 0 bridgehead atoms. The van der Waals surface area contributed by atoms with Gasteiger partial charge in [-0.2, -0.15) is 0 Å². The van der Waals surface area contributed by atoms with E-state index in [1.807, 2.05) is 0 Å². The minimum absolute atomic E-state index is 0. The Balaban J connectivity index is -0.000000262. The molecule has 7 heteroatoms. The maximum Gasteiger partial charge on any atom is 1.00 e. The van der Waals surface area contributed by atoms with Crippen molar-refractivity contribution < 1.29 is 76.6 Å². The summed E-state index contributed by atoms with van der Waals surface area (Å²) in [5, 5.41) is 35.1. The van der Waals surface area contributed by atoms with Crippen LogP contribution in [0, 0.1) is 0 Å². The first-order chi connectivity index (χ1) is 8.62. The van der Waals surface area contributed by atoms with E-state index in [1.165, 1.54) is 6.08 Å². The van der Waals surface area contributed by atoms with Crippen LogP contribution >= 0.6 is 0 Å². The average Bonchev–Trinajstić information content (AvgIpc) is 2.31. The van der Waals surface area contributed by atoms with Crippen molar-refractivity contribution >= 4 is 5.97 Å². The SMILES string of the molecule is C/C=C/C=C/C(=O)[O-].OCCN(CCO)CCO.[K+]. The molecule has 0 atom stereocenters. The zero-order valence-corrected chi connectivity index (χ0v) is 14.8. The third-order valence-electron chi connectivity index (χ3n) is 1.78. The van der Waals surface area contributed by atoms with Gasteiger partial charge in [0.2, 0.25) is 0 Å². The number of aliphatic hydroxyl groups excluding tert-OH is 3. The molecule has 0 unspecified atom stereocenters. The quantitative estimate of drug-likeness (QED) is 0.236. The fourth-order valence-electron chi connectivity index (χ4n) is 1.00. The largest absolute Gasteiger partial charge is 1.00 e. The van der Waals surface area contributed by atoms with Crippen molar-refractivity contribution in [1.82, 2.24) is 4.90 Å². The third-order valence-corrected chi connectivity index (χ3v) is 1.78. The number of aliphatic hydroxyl groups is 3. The number of allylic oxidation sites excluding steroid dienone is 3. The fraction of sp³-hybridized carbons (Fsp3) is 0.583. The van der Waals surface area contributed by atoms with Crippen LogP contribution < -0.4 is 56.5 Å². The van der Waals surface area contributed by atoms with Crippen LogP contribution in [0.4, 0.5) is 0 Å². The first kappa shape index (κ1) is 24.4. The first-order valence-corrected chi connectivity index (χ1v) is 5.67. The Bertz CT molecular complexity index is 232. The summed E-state index contributed by atoms with van der Waals surface area (Å²) in [5.74, 6) is -1.16. The zero-order chi connectivity index (χ0) is 14.2. The molecule has 19 heavy (non-hydrogen) atoms. The smallest absolute Gasteiger partial charge is 0.545 e. The van der Waals surface area contributed by atoms with Gasteiger partial charge >= 0.3 is 51.4 Å². The predicted octanol–water partition coefficient (Wildman–Crippen LogP) is -4.86. The number of carboxylic acid groups (broad SMARTS) is 1. The summed E-state index contributed by atoms with van der Waals surface area (Å²) < 4.78 is 0. The van der Waals surface area contributed by atoms with Gasteiger partial charge in [0.15, 0.2) is 0 Å². The molecular weight excluding hydrogens is 277 g/mol. The molecule has 0 rings (SSSR count). The Morgan fingerprint density at radius 2 is 1.47 bits per heavy atom. The Hall–Kier alpha value is 0.426. The Morgan fingerprint density at radius 1 is 1.05 bits per heavy atom. The molecule has 0 fully saturated rings. The Labute approximate surface area is 156 Å². The molecule has 0 spiro atoms. The van der Waals surface area contributed by atoms with E-state index < -0.39 is 5.97 Å². The molecule has 0 aliphatic rings. The van der Waals surface area contributed by atoms with Crippen molar-refractivity contribution in [2.75, 3.05) is 39.5 Å². The molecule has 0 aromatic heterocycles. The summed E-state index contributed by atoms with van der Waals surface area (Å²) in [6, 6.07) is 0. The van der Waals surface area contributed by atoms with E-state index in [0.717, 1.165) is 6.08 Å². The predicted molar refractivity (Wildman–Crippen MR) is 66.7 cm³/mol. The van der Waals surface area contributed by atoms with Crippen LogP contribution in [-0.2, 0) is 4.79 Å². The maximum absolute atomic E-state index is 9.64. The van der Waals surface area contributed by atoms with E-state index >= 15 is 0 Å². The van der Waals surface area contributed by atoms with E-state index in [2.05, 4.69) is 0 Å². The van der Waals surface area contributed by atoms with Crippen LogP contribution in [0.25, 0.3) is 0 Å². The van der Waals surface area contributed by atoms with E-state index in [-0.39, 0.29) is 71.2 Å². The van der Waals surface area contributed by atoms with Gasteiger partial charge in [0, 0.05) is 19.6 Å². The van der Waals surface area contributed by atoms with Crippen molar-refractivity contribution in [3.8, 4) is 0 Å². The van der Waals surface area contributed by atoms with Crippen LogP contribution in [0.1, 0.15) is 6.92 Å². The number of carboxylic acids is 1. The Morgan fingerprint density at radius 3 is 1.74 bits per heavy atom. The second-order valence-electron chi connectivity index (χ2n) is 3.22. The van der Waals surface area contributed by atoms with Gasteiger partial charge in [-0.1, -0.05) is 18.2 Å². The molecule has 0 aliphatic carbocycles. The number of hydrogen-bond donors (Lipinski definition) is 3. The van der Waals surface area contributed by atoms with Gasteiger partial charge in [-0.25, -0.2) is 0 Å². The van der Waals surface area contributed by atoms with Crippen molar-refractivity contribution in [3.05, 3.63) is 24.3 Å². The molecule has 0 radical (unpaired) electrons. The van der Waals surface area contributed by atoms with Crippen molar-refractivity contribution in [2.24, 2.45) is 0 Å². The van der Waals surface area contributed by atoms with Gasteiger partial charge in [0.25, 0.3) is 0 Å². The van der Waals surface area contributed by atoms with Crippen LogP contribution in [0.15, 0.2) is 24.3 Å². The van der Waals surface area contributed by atoms with E-state index in [9.17, 15) is 9.90 Å². The standard InChI is InChI=1S/C6H15NO3.C6H8O2.K/c8-4-1-7(2-5-9)3-6-10;1-2-3-4-5-6(7)8;/h8-10H,1-6H2;2-5H,1H3,(H,7,8);/q;;+1/p-1/b;3-2+,5-4+;. The number of nitrogens with zero attached hydrogens (tertiary/aromatic N) is 1. The topological polar surface area (TPSA) is 104 Å². The van der Waals surface area contributed by atoms with Gasteiger partial charge in [-0.3, -0.25) is 4.90 Å². The van der Waals surface area contributed by atoms with Gasteiger partial charge in [-0.15, -0.1) is 0 Å². The van der Waals surface area contributed by atoms with Gasteiger partial charge in [0.1, 0.15) is 0 Å². The Kier molecular flexibility index (Phi) is 26.7. The minimum atomic E-state index is -1.16. The first-order valence-electron chi connectivity index (χ1n) is 5.67. The maximum atomic E-state index is 9.64. The number of rotatable bonds is 8. The van der Waals surface area contributed by atoms with Crippen LogP contribution in [0.3, 0.4) is 0 Å². The molecule has 0 saturated carbocycles. The zero-order valence-electron chi connectivity index (χ0n) is 11.7. The average molecular weight is 299 g/mol. The van der Waals surface area contributed by atoms with Crippen LogP contribution in [0.5, 0.6) is 0 Å². The number of carbonyl (C=O) groups excluding carboxylic acids is 1. The van der Waals surface area contributed by atoms with E-state index in [0.29, 0.717) is 19.6 Å². The summed E-state index contributed by atoms with van der Waals surface area (Å²) in [6.45, 7) is 3.56. The summed E-state index contributed by atoms with van der Waals surface area (Å²) in [6.07, 6.45) is 5.74. The molecule has 3 N–H and O–H groups in total. The summed E-state index contributed by atoms with van der Waals surface area (Å²) in [5.41, 5.74) is 0. The number of aliphatic carboxylic acids is 1. The molecule has 0 aliphatic heterocycles. The summed E-state index contributed by atoms with van der Waals surface area (Å²) in [4.78, 5) is 11.4.